The van der Waals surface area contributed by atoms with E-state index in [1.807, 2.05) is 18.2 Å². The third kappa shape index (κ3) is 2.43. The Morgan fingerprint density at radius 1 is 1.19 bits per heavy atom. The fraction of sp³-hybridized carbons (Fsp3) is 0.364. The highest BCUT2D eigenvalue weighted by molar-refractivity contribution is 5.78. The smallest absolute Gasteiger partial charge is 0.323 e. The van der Waals surface area contributed by atoms with E-state index in [4.69, 9.17) is 5.73 Å². The van der Waals surface area contributed by atoms with Gasteiger partial charge in [-0.05, 0) is 37.6 Å². The summed E-state index contributed by atoms with van der Waals surface area (Å²) in [6.45, 7) is 1.63. The number of unbranched alkanes of at least 4 members (excludes halogenated alkanes) is 1. The predicted molar refractivity (Wildman–Crippen MR) is 65.7 cm³/mol. The van der Waals surface area contributed by atoms with Crippen molar-refractivity contribution in [1.29, 1.82) is 0 Å². The van der Waals surface area contributed by atoms with Crippen molar-refractivity contribution in [2.45, 2.75) is 12.8 Å². The van der Waals surface area contributed by atoms with Crippen LogP contribution in [0.25, 0.3) is 11.0 Å². The second kappa shape index (κ2) is 4.85. The quantitative estimate of drug-likeness (QED) is 0.567. The molecular formula is C11H16N4O. The van der Waals surface area contributed by atoms with Gasteiger partial charge in [-0.15, -0.1) is 0 Å². The maximum atomic E-state index is 11.1. The van der Waals surface area contributed by atoms with Gasteiger partial charge in [-0.3, -0.25) is 0 Å². The number of hydrogen-bond donors (Lipinski definition) is 4. The van der Waals surface area contributed by atoms with E-state index in [1.165, 1.54) is 0 Å². The Morgan fingerprint density at radius 3 is 2.81 bits per heavy atom. The van der Waals surface area contributed by atoms with Crippen LogP contribution in [0.1, 0.15) is 12.8 Å². The molecule has 1 aromatic carbocycles. The van der Waals surface area contributed by atoms with Gasteiger partial charge in [-0.25, -0.2) is 4.79 Å². The van der Waals surface area contributed by atoms with Crippen LogP contribution >= 0.6 is 0 Å². The molecule has 0 fully saturated rings. The van der Waals surface area contributed by atoms with E-state index in [0.29, 0.717) is 0 Å². The van der Waals surface area contributed by atoms with Crippen LogP contribution in [0.4, 0.5) is 5.69 Å². The van der Waals surface area contributed by atoms with Gasteiger partial charge in [0.25, 0.3) is 0 Å². The zero-order valence-electron chi connectivity index (χ0n) is 9.05. The summed E-state index contributed by atoms with van der Waals surface area (Å²) in [4.78, 5) is 16.5. The Morgan fingerprint density at radius 2 is 2.00 bits per heavy atom. The predicted octanol–water partition coefficient (Wildman–Crippen LogP) is 1.01. The average molecular weight is 220 g/mol. The topological polar surface area (TPSA) is 86.7 Å². The number of fused-ring (bicyclic) bond motifs is 1. The monoisotopic (exact) mass is 220 g/mol. The molecule has 86 valence electrons. The van der Waals surface area contributed by atoms with E-state index >= 15 is 0 Å². The Balaban J connectivity index is 2.04. The maximum Gasteiger partial charge on any atom is 0.323 e. The van der Waals surface area contributed by atoms with Crippen molar-refractivity contribution in [3.63, 3.8) is 0 Å². The number of anilines is 1. The minimum atomic E-state index is -0.171. The third-order valence-electron chi connectivity index (χ3n) is 2.48. The second-order valence-electron chi connectivity index (χ2n) is 3.76. The molecule has 0 spiro atoms. The van der Waals surface area contributed by atoms with E-state index in [-0.39, 0.29) is 5.69 Å². The molecule has 5 heteroatoms. The maximum absolute atomic E-state index is 11.1. The summed E-state index contributed by atoms with van der Waals surface area (Å²) in [7, 11) is 0. The zero-order chi connectivity index (χ0) is 11.4. The van der Waals surface area contributed by atoms with E-state index in [9.17, 15) is 4.79 Å². The number of H-pyrrole nitrogens is 2. The first-order valence-corrected chi connectivity index (χ1v) is 5.45. The molecule has 0 radical (unpaired) electrons. The Bertz CT molecular complexity index is 514. The Kier molecular flexibility index (Phi) is 3.26. The Labute approximate surface area is 93.1 Å². The van der Waals surface area contributed by atoms with Crippen molar-refractivity contribution >= 4 is 16.7 Å². The molecule has 0 unspecified atom stereocenters. The zero-order valence-corrected chi connectivity index (χ0v) is 9.05. The molecule has 1 aromatic heterocycles. The lowest BCUT2D eigenvalue weighted by Gasteiger charge is -2.05. The summed E-state index contributed by atoms with van der Waals surface area (Å²) in [5.41, 5.74) is 7.91. The highest BCUT2D eigenvalue weighted by Gasteiger charge is 1.98. The number of nitrogens with one attached hydrogen (secondary N) is 3. The van der Waals surface area contributed by atoms with E-state index in [2.05, 4.69) is 15.3 Å². The van der Waals surface area contributed by atoms with Crippen LogP contribution in [-0.4, -0.2) is 23.1 Å². The van der Waals surface area contributed by atoms with Crippen LogP contribution in [0.5, 0.6) is 0 Å². The van der Waals surface area contributed by atoms with E-state index in [1.54, 1.807) is 0 Å². The number of nitrogens with two attached hydrogens (primary N) is 1. The summed E-state index contributed by atoms with van der Waals surface area (Å²) in [6.07, 6.45) is 2.08. The lowest BCUT2D eigenvalue weighted by Crippen LogP contribution is -2.05. The molecule has 16 heavy (non-hydrogen) atoms. The van der Waals surface area contributed by atoms with E-state index < -0.39 is 0 Å². The Hall–Kier alpha value is -1.75. The molecular weight excluding hydrogens is 204 g/mol. The van der Waals surface area contributed by atoms with Crippen molar-refractivity contribution in [3.05, 3.63) is 28.7 Å². The first-order valence-electron chi connectivity index (χ1n) is 5.45. The molecule has 2 rings (SSSR count). The fourth-order valence-corrected chi connectivity index (χ4v) is 1.64. The molecule has 0 saturated carbocycles. The molecule has 0 saturated heterocycles. The van der Waals surface area contributed by atoms with Gasteiger partial charge in [0.2, 0.25) is 0 Å². The second-order valence-corrected chi connectivity index (χ2v) is 3.76. The minimum Gasteiger partial charge on any atom is -0.385 e. The van der Waals surface area contributed by atoms with Gasteiger partial charge in [0.15, 0.2) is 0 Å². The fourth-order valence-electron chi connectivity index (χ4n) is 1.64. The van der Waals surface area contributed by atoms with Crippen molar-refractivity contribution in [3.8, 4) is 0 Å². The summed E-state index contributed by atoms with van der Waals surface area (Å²) < 4.78 is 0. The van der Waals surface area contributed by atoms with E-state index in [0.717, 1.165) is 42.7 Å². The number of benzene rings is 1. The normalized spacial score (nSPS) is 10.8. The summed E-state index contributed by atoms with van der Waals surface area (Å²) in [5.74, 6) is 0. The average Bonchev–Trinajstić information content (AvgIpc) is 2.64. The summed E-state index contributed by atoms with van der Waals surface area (Å²) >= 11 is 0. The largest absolute Gasteiger partial charge is 0.385 e. The van der Waals surface area contributed by atoms with Crippen LogP contribution in [-0.2, 0) is 0 Å². The van der Waals surface area contributed by atoms with Gasteiger partial charge in [0.05, 0.1) is 11.0 Å². The van der Waals surface area contributed by atoms with Gasteiger partial charge < -0.3 is 21.0 Å². The van der Waals surface area contributed by atoms with Gasteiger partial charge in [0, 0.05) is 12.2 Å². The van der Waals surface area contributed by atoms with Crippen LogP contribution < -0.4 is 16.7 Å². The lowest BCUT2D eigenvalue weighted by atomic mass is 10.2. The van der Waals surface area contributed by atoms with Crippen molar-refractivity contribution in [2.75, 3.05) is 18.4 Å². The number of hydrogen-bond acceptors (Lipinski definition) is 3. The molecule has 0 bridgehead atoms. The molecule has 0 aliphatic heterocycles. The van der Waals surface area contributed by atoms with Gasteiger partial charge in [0.1, 0.15) is 0 Å². The van der Waals surface area contributed by atoms with Crippen LogP contribution in [0.3, 0.4) is 0 Å². The van der Waals surface area contributed by atoms with Crippen molar-refractivity contribution in [1.82, 2.24) is 9.97 Å². The molecule has 0 atom stereocenters. The number of aromatic amines is 2. The SMILES string of the molecule is NCCCCNc1ccc2[nH]c(=O)[nH]c2c1. The van der Waals surface area contributed by atoms with Crippen LogP contribution in [0.15, 0.2) is 23.0 Å². The van der Waals surface area contributed by atoms with Crippen molar-refractivity contribution < 1.29 is 0 Å². The molecule has 5 N–H and O–H groups in total. The molecule has 1 heterocycles. The number of aromatic nitrogens is 2. The molecule has 0 amide bonds. The minimum absolute atomic E-state index is 0.171. The standard InChI is InChI=1S/C11H16N4O/c12-5-1-2-6-13-8-3-4-9-10(7-8)15-11(16)14-9/h3-4,7,13H,1-2,5-6,12H2,(H2,14,15,16). The number of imidazole rings is 1. The van der Waals surface area contributed by atoms with Gasteiger partial charge in [-0.2, -0.15) is 0 Å². The molecule has 5 nitrogen and oxygen atoms in total. The molecule has 0 aliphatic carbocycles. The third-order valence-corrected chi connectivity index (χ3v) is 2.48. The summed E-state index contributed by atoms with van der Waals surface area (Å²) in [5, 5.41) is 3.29. The first-order chi connectivity index (χ1) is 7.79. The lowest BCUT2D eigenvalue weighted by molar-refractivity contribution is 0.774. The first kappa shape index (κ1) is 10.8. The van der Waals surface area contributed by atoms with Crippen LogP contribution in [0, 0.1) is 0 Å². The van der Waals surface area contributed by atoms with Crippen molar-refractivity contribution in [2.24, 2.45) is 5.73 Å². The summed E-state index contributed by atoms with van der Waals surface area (Å²) in [6, 6.07) is 5.77. The van der Waals surface area contributed by atoms with Crippen LogP contribution in [0.2, 0.25) is 0 Å². The van der Waals surface area contributed by atoms with Gasteiger partial charge in [-0.1, -0.05) is 0 Å². The number of rotatable bonds is 5. The highest BCUT2D eigenvalue weighted by Crippen LogP contribution is 2.14. The molecule has 0 aliphatic rings. The molecule has 2 aromatic rings. The van der Waals surface area contributed by atoms with Gasteiger partial charge >= 0.3 is 5.69 Å². The highest BCUT2D eigenvalue weighted by atomic mass is 16.1.